The third-order valence-electron chi connectivity index (χ3n) is 4.00. The van der Waals surface area contributed by atoms with Gasteiger partial charge in [0.05, 0.1) is 23.8 Å². The Balaban J connectivity index is 1.64. The summed E-state index contributed by atoms with van der Waals surface area (Å²) in [7, 11) is 0. The molecular weight excluding hydrogens is 350 g/mol. The van der Waals surface area contributed by atoms with Crippen LogP contribution in [0.1, 0.15) is 11.1 Å². The highest BCUT2D eigenvalue weighted by Crippen LogP contribution is 2.21. The van der Waals surface area contributed by atoms with Crippen LogP contribution < -0.4 is 5.32 Å². The summed E-state index contributed by atoms with van der Waals surface area (Å²) in [6, 6.07) is 10.4. The molecule has 4 aromatic rings. The number of anilines is 2. The Morgan fingerprint density at radius 3 is 2.63 bits per heavy atom. The van der Waals surface area contributed by atoms with Crippen molar-refractivity contribution in [2.45, 2.75) is 6.54 Å². The number of benzene rings is 1. The number of hydrogen-bond donors (Lipinski definition) is 1. The molecule has 4 rings (SSSR count). The van der Waals surface area contributed by atoms with Gasteiger partial charge in [-0.2, -0.15) is 10.4 Å². The van der Waals surface area contributed by atoms with E-state index in [1.807, 2.05) is 6.07 Å². The molecule has 0 aliphatic carbocycles. The fourth-order valence-corrected chi connectivity index (χ4v) is 2.66. The molecule has 0 radical (unpaired) electrons. The monoisotopic (exact) mass is 362 g/mol. The first kappa shape index (κ1) is 16.6. The molecule has 8 heteroatoms. The Bertz CT molecular complexity index is 1160. The van der Waals surface area contributed by atoms with Crippen molar-refractivity contribution in [3.8, 4) is 6.07 Å². The van der Waals surface area contributed by atoms with Crippen molar-refractivity contribution in [1.82, 2.24) is 19.7 Å². The van der Waals surface area contributed by atoms with Crippen LogP contribution in [-0.4, -0.2) is 19.7 Å². The average molecular weight is 362 g/mol. The van der Waals surface area contributed by atoms with Gasteiger partial charge in [-0.25, -0.2) is 18.7 Å². The minimum atomic E-state index is -0.501. The molecule has 0 spiro atoms. The number of nitrogens with one attached hydrogen (secondary N) is 1. The first-order chi connectivity index (χ1) is 13.1. The highest BCUT2D eigenvalue weighted by molar-refractivity contribution is 5.81. The molecule has 1 aromatic carbocycles. The summed E-state index contributed by atoms with van der Waals surface area (Å²) in [5, 5.41) is 16.9. The van der Waals surface area contributed by atoms with E-state index < -0.39 is 11.6 Å². The molecule has 27 heavy (non-hydrogen) atoms. The number of fused-ring (bicyclic) bond motifs is 1. The fourth-order valence-electron chi connectivity index (χ4n) is 2.66. The lowest BCUT2D eigenvalue weighted by Crippen LogP contribution is -2.04. The standard InChI is InChI=1S/C19H12F2N6/c20-15-2-3-16(21)13(5-15)11-27-17-6-19(24-9-14(17)10-25-27)26-18-4-1-12(7-22)8-23-18/h1-6,8-10H,11H2,(H,23,24,26). The highest BCUT2D eigenvalue weighted by atomic mass is 19.1. The molecule has 3 aromatic heterocycles. The van der Waals surface area contributed by atoms with Gasteiger partial charge in [0.15, 0.2) is 0 Å². The Morgan fingerprint density at radius 1 is 1.00 bits per heavy atom. The Kier molecular flexibility index (Phi) is 4.18. The number of rotatable bonds is 4. The van der Waals surface area contributed by atoms with Crippen molar-refractivity contribution >= 4 is 22.5 Å². The predicted molar refractivity (Wildman–Crippen MR) is 95.2 cm³/mol. The van der Waals surface area contributed by atoms with Gasteiger partial charge in [0, 0.05) is 29.4 Å². The molecule has 0 aliphatic rings. The zero-order valence-corrected chi connectivity index (χ0v) is 13.9. The van der Waals surface area contributed by atoms with E-state index >= 15 is 0 Å². The van der Waals surface area contributed by atoms with Crippen LogP contribution in [0.25, 0.3) is 10.9 Å². The Hall–Kier alpha value is -3.86. The number of nitriles is 1. The van der Waals surface area contributed by atoms with Crippen LogP contribution in [0, 0.1) is 23.0 Å². The maximum absolute atomic E-state index is 13.9. The summed E-state index contributed by atoms with van der Waals surface area (Å²) >= 11 is 0. The zero-order valence-electron chi connectivity index (χ0n) is 13.9. The van der Waals surface area contributed by atoms with Crippen LogP contribution in [0.5, 0.6) is 0 Å². The topological polar surface area (TPSA) is 79.4 Å². The second kappa shape index (κ2) is 6.80. The molecule has 0 saturated carbocycles. The van der Waals surface area contributed by atoms with Crippen molar-refractivity contribution < 1.29 is 8.78 Å². The number of pyridine rings is 2. The van der Waals surface area contributed by atoms with Gasteiger partial charge in [0.1, 0.15) is 29.3 Å². The number of hydrogen-bond acceptors (Lipinski definition) is 5. The normalized spacial score (nSPS) is 10.7. The first-order valence-electron chi connectivity index (χ1n) is 8.01. The molecule has 0 saturated heterocycles. The molecule has 6 nitrogen and oxygen atoms in total. The van der Waals surface area contributed by atoms with Gasteiger partial charge in [0.25, 0.3) is 0 Å². The van der Waals surface area contributed by atoms with Crippen molar-refractivity contribution in [3.63, 3.8) is 0 Å². The maximum Gasteiger partial charge on any atom is 0.133 e. The second-order valence-electron chi connectivity index (χ2n) is 5.84. The van der Waals surface area contributed by atoms with Crippen LogP contribution in [-0.2, 0) is 6.54 Å². The van der Waals surface area contributed by atoms with Gasteiger partial charge in [0.2, 0.25) is 0 Å². The second-order valence-corrected chi connectivity index (χ2v) is 5.84. The van der Waals surface area contributed by atoms with Crippen molar-refractivity contribution in [2.75, 3.05) is 5.32 Å². The van der Waals surface area contributed by atoms with E-state index in [9.17, 15) is 8.78 Å². The number of aromatic nitrogens is 4. The largest absolute Gasteiger partial charge is 0.325 e. The zero-order chi connectivity index (χ0) is 18.8. The molecule has 132 valence electrons. The minimum absolute atomic E-state index is 0.0890. The average Bonchev–Trinajstić information content (AvgIpc) is 3.07. The summed E-state index contributed by atoms with van der Waals surface area (Å²) < 4.78 is 28.9. The van der Waals surface area contributed by atoms with Crippen LogP contribution in [0.4, 0.5) is 20.4 Å². The molecule has 0 aliphatic heterocycles. The van der Waals surface area contributed by atoms with Crippen LogP contribution in [0.3, 0.4) is 0 Å². The smallest absolute Gasteiger partial charge is 0.133 e. The van der Waals surface area contributed by atoms with E-state index in [-0.39, 0.29) is 12.1 Å². The summed E-state index contributed by atoms with van der Waals surface area (Å²) in [6.45, 7) is 0.0890. The van der Waals surface area contributed by atoms with E-state index in [0.717, 1.165) is 23.6 Å². The number of halogens is 2. The van der Waals surface area contributed by atoms with Crippen LogP contribution in [0.2, 0.25) is 0 Å². The minimum Gasteiger partial charge on any atom is -0.325 e. The molecule has 0 bridgehead atoms. The summed E-state index contributed by atoms with van der Waals surface area (Å²) in [6.07, 6.45) is 4.70. The molecule has 0 unspecified atom stereocenters. The number of nitrogens with zero attached hydrogens (tertiary/aromatic N) is 5. The first-order valence-corrected chi connectivity index (χ1v) is 8.01. The molecule has 0 atom stereocenters. The van der Waals surface area contributed by atoms with Gasteiger partial charge in [-0.05, 0) is 30.3 Å². The summed E-state index contributed by atoms with van der Waals surface area (Å²) in [4.78, 5) is 8.43. The highest BCUT2D eigenvalue weighted by Gasteiger charge is 2.10. The maximum atomic E-state index is 13.9. The lowest BCUT2D eigenvalue weighted by atomic mass is 10.2. The third kappa shape index (κ3) is 3.43. The SMILES string of the molecule is N#Cc1ccc(Nc2cc3c(cn2)cnn3Cc2cc(F)ccc2F)nc1. The summed E-state index contributed by atoms with van der Waals surface area (Å²) in [5.74, 6) is 0.0530. The lowest BCUT2D eigenvalue weighted by Gasteiger charge is -2.08. The van der Waals surface area contributed by atoms with Gasteiger partial charge >= 0.3 is 0 Å². The third-order valence-corrected chi connectivity index (χ3v) is 4.00. The fraction of sp³-hybridized carbons (Fsp3) is 0.0526. The van der Waals surface area contributed by atoms with E-state index in [4.69, 9.17) is 5.26 Å². The van der Waals surface area contributed by atoms with Crippen molar-refractivity contribution in [1.29, 1.82) is 5.26 Å². The molecule has 3 heterocycles. The van der Waals surface area contributed by atoms with E-state index in [1.54, 1.807) is 35.3 Å². The quantitative estimate of drug-likeness (QED) is 0.598. The van der Waals surface area contributed by atoms with Gasteiger partial charge in [-0.3, -0.25) is 4.68 Å². The molecule has 0 amide bonds. The van der Waals surface area contributed by atoms with E-state index in [0.29, 0.717) is 22.7 Å². The summed E-state index contributed by atoms with van der Waals surface area (Å²) in [5.41, 5.74) is 1.38. The Morgan fingerprint density at radius 2 is 1.85 bits per heavy atom. The van der Waals surface area contributed by atoms with Gasteiger partial charge in [-0.1, -0.05) is 0 Å². The van der Waals surface area contributed by atoms with Gasteiger partial charge < -0.3 is 5.32 Å². The van der Waals surface area contributed by atoms with E-state index in [1.165, 1.54) is 6.20 Å². The Labute approximate surface area is 152 Å². The molecular formula is C19H12F2N6. The van der Waals surface area contributed by atoms with Crippen molar-refractivity contribution in [3.05, 3.63) is 77.8 Å². The molecule has 0 fully saturated rings. The van der Waals surface area contributed by atoms with Crippen LogP contribution >= 0.6 is 0 Å². The van der Waals surface area contributed by atoms with Crippen LogP contribution in [0.15, 0.2) is 55.0 Å². The van der Waals surface area contributed by atoms with Crippen molar-refractivity contribution in [2.24, 2.45) is 0 Å². The van der Waals surface area contributed by atoms with E-state index in [2.05, 4.69) is 20.4 Å². The predicted octanol–water partition coefficient (Wildman–Crippen LogP) is 3.77. The molecule has 1 N–H and O–H groups in total. The lowest BCUT2D eigenvalue weighted by molar-refractivity contribution is 0.570. The van der Waals surface area contributed by atoms with Gasteiger partial charge in [-0.15, -0.1) is 0 Å².